The summed E-state index contributed by atoms with van der Waals surface area (Å²) in [7, 11) is 0. The second-order valence-electron chi connectivity index (χ2n) is 7.07. The van der Waals surface area contributed by atoms with Crippen LogP contribution in [0.3, 0.4) is 0 Å². The van der Waals surface area contributed by atoms with E-state index in [9.17, 15) is 22.8 Å². The smallest absolute Gasteiger partial charge is 0.416 e. The number of halogens is 3. The van der Waals surface area contributed by atoms with E-state index in [0.29, 0.717) is 6.42 Å². The first kappa shape index (κ1) is 28.9. The van der Waals surface area contributed by atoms with Gasteiger partial charge in [-0.25, -0.2) is 0 Å². The molecule has 0 aliphatic heterocycles. The number of amides is 2. The Bertz CT molecular complexity index is 998. The Labute approximate surface area is 208 Å². The number of hydrogen-bond donors (Lipinski definition) is 4. The number of alkyl halides is 3. The van der Waals surface area contributed by atoms with Gasteiger partial charge in [-0.2, -0.15) is 25.3 Å². The number of nitrogens with zero attached hydrogens (tertiary/aromatic N) is 1. The Kier molecular flexibility index (Phi) is 11.5. The molecule has 8 nitrogen and oxygen atoms in total. The molecule has 0 aromatic heterocycles. The molecule has 1 radical (unpaired) electrons. The standard InChI is InChI=1S/C22H25F3N5O3.Re/c23-22(24,25)17-8-2-1-5-14(17)10-12-33-16-7-3-6-15(13-16)20(32)30-18(19(26)31)9-4-11-29-21(27)28;/h1-3,5-6,8,13,18H,4,9-12H2,(H2,26,31)(H,30,32)(H4,27,28,29);/q-1;/t18-;/m0./s1. The third-order valence-electron chi connectivity index (χ3n) is 4.58. The molecular formula is C22H25F3N5O3Re-. The molecule has 0 fully saturated rings. The maximum atomic E-state index is 13.1. The molecule has 0 saturated carbocycles. The Balaban J connectivity index is 0.00000578. The van der Waals surface area contributed by atoms with Crippen molar-refractivity contribution in [3.05, 3.63) is 65.2 Å². The van der Waals surface area contributed by atoms with Crippen molar-refractivity contribution >= 4 is 17.8 Å². The predicted molar refractivity (Wildman–Crippen MR) is 116 cm³/mol. The number of guanidine groups is 1. The van der Waals surface area contributed by atoms with Crippen LogP contribution < -0.4 is 27.3 Å². The van der Waals surface area contributed by atoms with Crippen LogP contribution in [0.5, 0.6) is 5.75 Å². The monoisotopic (exact) mass is 651 g/mol. The maximum absolute atomic E-state index is 13.1. The van der Waals surface area contributed by atoms with E-state index in [4.69, 9.17) is 21.9 Å². The molecule has 12 heteroatoms. The Hall–Kier alpha value is -3.10. The van der Waals surface area contributed by atoms with Gasteiger partial charge in [0.25, 0.3) is 0 Å². The number of carbonyl (C=O) groups excluding carboxylic acids is 2. The number of benzene rings is 2. The fraction of sp³-hybridized carbons (Fsp3) is 0.318. The summed E-state index contributed by atoms with van der Waals surface area (Å²) in [4.78, 5) is 28.0. The quantitative estimate of drug-likeness (QED) is 0.127. The van der Waals surface area contributed by atoms with Crippen LogP contribution in [0.15, 0.2) is 47.5 Å². The van der Waals surface area contributed by atoms with E-state index in [0.717, 1.165) is 6.07 Å². The summed E-state index contributed by atoms with van der Waals surface area (Å²) < 4.78 is 44.8. The summed E-state index contributed by atoms with van der Waals surface area (Å²) in [6, 6.07) is 11.4. The first-order chi connectivity index (χ1) is 15.6. The van der Waals surface area contributed by atoms with E-state index in [-0.39, 0.29) is 69.3 Å². The van der Waals surface area contributed by atoms with Crippen molar-refractivity contribution in [2.24, 2.45) is 22.2 Å². The maximum Gasteiger partial charge on any atom is 0.416 e. The molecule has 185 valence electrons. The zero-order valence-corrected chi connectivity index (χ0v) is 20.8. The number of ether oxygens (including phenoxy) is 1. The molecule has 2 rings (SSSR count). The predicted octanol–water partition coefficient (Wildman–Crippen LogP) is 1.76. The largest absolute Gasteiger partial charge is 0.519 e. The van der Waals surface area contributed by atoms with Crippen LogP contribution in [-0.2, 0) is 37.8 Å². The van der Waals surface area contributed by atoms with Gasteiger partial charge in [0.15, 0.2) is 5.96 Å². The van der Waals surface area contributed by atoms with Crippen LogP contribution in [0.4, 0.5) is 13.2 Å². The zero-order chi connectivity index (χ0) is 24.4. The fourth-order valence-electron chi connectivity index (χ4n) is 2.99. The van der Waals surface area contributed by atoms with Crippen molar-refractivity contribution in [3.63, 3.8) is 0 Å². The van der Waals surface area contributed by atoms with Gasteiger partial charge >= 0.3 is 6.18 Å². The van der Waals surface area contributed by atoms with Gasteiger partial charge in [0, 0.05) is 39.1 Å². The van der Waals surface area contributed by atoms with Gasteiger partial charge in [-0.1, -0.05) is 23.8 Å². The first-order valence-corrected chi connectivity index (χ1v) is 10.0. The van der Waals surface area contributed by atoms with E-state index < -0.39 is 29.6 Å². The molecule has 1 atom stereocenters. The molecule has 2 amide bonds. The second kappa shape index (κ2) is 13.6. The molecule has 0 spiro atoms. The molecular weight excluding hydrogens is 625 g/mol. The number of rotatable bonds is 11. The van der Waals surface area contributed by atoms with Crippen LogP contribution in [0, 0.1) is 6.07 Å². The topological polar surface area (TPSA) is 146 Å². The Morgan fingerprint density at radius 1 is 1.15 bits per heavy atom. The average Bonchev–Trinajstić information content (AvgIpc) is 2.75. The Morgan fingerprint density at radius 2 is 1.85 bits per heavy atom. The van der Waals surface area contributed by atoms with Gasteiger partial charge in [0.05, 0.1) is 12.2 Å². The van der Waals surface area contributed by atoms with Crippen LogP contribution >= 0.6 is 0 Å². The molecule has 0 bridgehead atoms. The first-order valence-electron chi connectivity index (χ1n) is 10.0. The zero-order valence-electron chi connectivity index (χ0n) is 18.1. The van der Waals surface area contributed by atoms with E-state index >= 15 is 0 Å². The number of carbonyl (C=O) groups is 2. The third kappa shape index (κ3) is 9.41. The van der Waals surface area contributed by atoms with Gasteiger partial charge in [0.1, 0.15) is 6.04 Å². The van der Waals surface area contributed by atoms with Gasteiger partial charge in [-0.05, 0) is 24.5 Å². The number of nitrogens with two attached hydrogens (primary N) is 3. The third-order valence-corrected chi connectivity index (χ3v) is 4.58. The molecule has 7 N–H and O–H groups in total. The summed E-state index contributed by atoms with van der Waals surface area (Å²) in [6.45, 7) is 0.223. The summed E-state index contributed by atoms with van der Waals surface area (Å²) in [5.41, 5.74) is 15.4. The van der Waals surface area contributed by atoms with E-state index in [1.807, 2.05) is 0 Å². The molecule has 0 aliphatic carbocycles. The minimum absolute atomic E-state index is 0. The van der Waals surface area contributed by atoms with Crippen molar-refractivity contribution < 1.29 is 47.9 Å². The van der Waals surface area contributed by atoms with Crippen molar-refractivity contribution in [1.82, 2.24) is 5.32 Å². The SMILES string of the molecule is NC(=O)[C@H](CCCN=C(N)N)NC(=O)c1cc[c-]c(OCCc2ccccc2C(F)(F)F)c1.[Re]. The van der Waals surface area contributed by atoms with Gasteiger partial charge in [0.2, 0.25) is 11.8 Å². The van der Waals surface area contributed by atoms with Gasteiger partial charge < -0.3 is 27.3 Å². The molecule has 34 heavy (non-hydrogen) atoms. The molecule has 2 aromatic carbocycles. The van der Waals surface area contributed by atoms with Crippen molar-refractivity contribution in [2.45, 2.75) is 31.5 Å². The number of nitrogens with one attached hydrogen (secondary N) is 1. The van der Waals surface area contributed by atoms with Crippen LogP contribution in [-0.4, -0.2) is 37.0 Å². The summed E-state index contributed by atoms with van der Waals surface area (Å²) in [5.74, 6) is -1.18. The second-order valence-corrected chi connectivity index (χ2v) is 7.07. The van der Waals surface area contributed by atoms with Crippen molar-refractivity contribution in [3.8, 4) is 5.75 Å². The Morgan fingerprint density at radius 3 is 2.50 bits per heavy atom. The van der Waals surface area contributed by atoms with Crippen LogP contribution in [0.2, 0.25) is 0 Å². The summed E-state index contributed by atoms with van der Waals surface area (Å²) >= 11 is 0. The van der Waals surface area contributed by atoms with E-state index in [2.05, 4.69) is 16.4 Å². The number of aliphatic imine (C=N–C) groups is 1. The molecule has 2 aromatic rings. The molecule has 0 unspecified atom stereocenters. The molecule has 0 saturated heterocycles. The van der Waals surface area contributed by atoms with Gasteiger partial charge in [-0.3, -0.25) is 14.6 Å². The van der Waals surface area contributed by atoms with Crippen LogP contribution in [0.25, 0.3) is 0 Å². The summed E-state index contributed by atoms with van der Waals surface area (Å²) in [5, 5.41) is 2.54. The molecule has 0 aliphatic rings. The minimum atomic E-state index is -4.46. The van der Waals surface area contributed by atoms with Crippen LogP contribution in [0.1, 0.15) is 34.3 Å². The van der Waals surface area contributed by atoms with E-state index in [1.165, 1.54) is 36.4 Å². The van der Waals surface area contributed by atoms with Crippen molar-refractivity contribution in [1.29, 1.82) is 0 Å². The number of primary amides is 1. The number of hydrogen-bond acceptors (Lipinski definition) is 4. The van der Waals surface area contributed by atoms with Crippen molar-refractivity contribution in [2.75, 3.05) is 13.2 Å². The van der Waals surface area contributed by atoms with Gasteiger partial charge in [-0.15, -0.1) is 12.1 Å². The normalized spacial score (nSPS) is 11.6. The average molecular weight is 651 g/mol. The minimum Gasteiger partial charge on any atom is -0.519 e. The van der Waals surface area contributed by atoms with E-state index in [1.54, 1.807) is 0 Å². The summed E-state index contributed by atoms with van der Waals surface area (Å²) in [6.07, 6.45) is -3.79. The molecule has 0 heterocycles. The fourth-order valence-corrected chi connectivity index (χ4v) is 2.99.